The van der Waals surface area contributed by atoms with Crippen LogP contribution in [0.5, 0.6) is 0 Å². The Kier molecular flexibility index (Phi) is 6.62. The number of nitrogens with zero attached hydrogens (tertiary/aromatic N) is 1. The van der Waals surface area contributed by atoms with Crippen LogP contribution >= 0.6 is 0 Å². The summed E-state index contributed by atoms with van der Waals surface area (Å²) in [6.07, 6.45) is 2.63. The molecule has 3 nitrogen and oxygen atoms in total. The van der Waals surface area contributed by atoms with Gasteiger partial charge in [0, 0.05) is 28.5 Å². The van der Waals surface area contributed by atoms with E-state index >= 15 is 0 Å². The molecule has 4 aromatic rings. The van der Waals surface area contributed by atoms with Gasteiger partial charge in [0.05, 0.1) is 18.8 Å². The zero-order chi connectivity index (χ0) is 24.4. The number of Topliss-reactive ketones (excluding diaryl/α,β-unsaturated/α-hetero) is 1. The molecule has 0 saturated heterocycles. The fourth-order valence-corrected chi connectivity index (χ4v) is 5.52. The Morgan fingerprint density at radius 1 is 0.829 bits per heavy atom. The summed E-state index contributed by atoms with van der Waals surface area (Å²) in [6, 6.07) is 28.4. The maximum absolute atomic E-state index is 13.2. The van der Waals surface area contributed by atoms with E-state index in [1.165, 1.54) is 38.1 Å². The van der Waals surface area contributed by atoms with Crippen LogP contribution in [0.1, 0.15) is 66.4 Å². The van der Waals surface area contributed by atoms with Crippen LogP contribution < -0.4 is 4.90 Å². The Hall–Kier alpha value is -3.17. The molecule has 1 heterocycles. The van der Waals surface area contributed by atoms with Crippen LogP contribution in [0.25, 0.3) is 10.9 Å². The Morgan fingerprint density at radius 2 is 1.46 bits per heavy atom. The largest absolute Gasteiger partial charge is 0.332 e. The van der Waals surface area contributed by atoms with E-state index in [1.807, 2.05) is 0 Å². The van der Waals surface area contributed by atoms with Crippen LogP contribution in [0, 0.1) is 0 Å². The average Bonchev–Trinajstić information content (AvgIpc) is 3.17. The summed E-state index contributed by atoms with van der Waals surface area (Å²) in [4.78, 5) is 14.7. The Balaban J connectivity index is 1.49. The molecule has 0 saturated carbocycles. The zero-order valence-corrected chi connectivity index (χ0v) is 21.3. The van der Waals surface area contributed by atoms with Crippen molar-refractivity contribution in [2.45, 2.75) is 65.1 Å². The van der Waals surface area contributed by atoms with Crippen molar-refractivity contribution in [1.82, 2.24) is 4.57 Å². The van der Waals surface area contributed by atoms with Gasteiger partial charge >= 0.3 is 0 Å². The van der Waals surface area contributed by atoms with Crippen LogP contribution in [-0.2, 0) is 31.5 Å². The molecule has 0 radical (unpaired) electrons. The number of fused-ring (bicyclic) bond motifs is 3. The number of hydrogen-bond acceptors (Lipinski definition) is 1. The highest BCUT2D eigenvalue weighted by Crippen LogP contribution is 2.35. The third kappa shape index (κ3) is 5.11. The van der Waals surface area contributed by atoms with Gasteiger partial charge in [0.15, 0.2) is 5.78 Å². The van der Waals surface area contributed by atoms with E-state index in [0.29, 0.717) is 12.2 Å². The van der Waals surface area contributed by atoms with Crippen LogP contribution in [0.15, 0.2) is 78.9 Å². The van der Waals surface area contributed by atoms with E-state index in [-0.39, 0.29) is 5.41 Å². The molecule has 180 valence electrons. The third-order valence-electron chi connectivity index (χ3n) is 7.41. The lowest BCUT2D eigenvalue weighted by molar-refractivity contribution is -0.928. The highest BCUT2D eigenvalue weighted by molar-refractivity contribution is 6.04. The first-order chi connectivity index (χ1) is 16.9. The van der Waals surface area contributed by atoms with Crippen molar-refractivity contribution >= 4 is 16.7 Å². The number of carbonyl (C=O) groups is 1. The van der Waals surface area contributed by atoms with Crippen molar-refractivity contribution in [1.29, 1.82) is 0 Å². The second-order valence-corrected chi connectivity index (χ2v) is 11.1. The van der Waals surface area contributed by atoms with Gasteiger partial charge in [-0.3, -0.25) is 4.79 Å². The molecule has 3 heteroatoms. The summed E-state index contributed by atoms with van der Waals surface area (Å²) < 4.78 is 2.34. The average molecular weight is 466 g/mol. The van der Waals surface area contributed by atoms with E-state index in [1.54, 1.807) is 0 Å². The quantitative estimate of drug-likeness (QED) is 0.370. The molecular weight excluding hydrogens is 428 g/mol. The normalized spacial score (nSPS) is 14.0. The molecule has 0 atom stereocenters. The van der Waals surface area contributed by atoms with Crippen molar-refractivity contribution in [3.05, 3.63) is 107 Å². The topological polar surface area (TPSA) is 26.4 Å². The van der Waals surface area contributed by atoms with E-state index in [2.05, 4.69) is 104 Å². The molecule has 1 N–H and O–H groups in total. The lowest BCUT2D eigenvalue weighted by atomic mass is 9.85. The molecule has 0 bridgehead atoms. The van der Waals surface area contributed by atoms with Crippen molar-refractivity contribution in [3.8, 4) is 0 Å². The third-order valence-corrected chi connectivity index (χ3v) is 7.41. The van der Waals surface area contributed by atoms with Crippen LogP contribution in [0.3, 0.4) is 0 Å². The van der Waals surface area contributed by atoms with E-state index in [9.17, 15) is 4.79 Å². The monoisotopic (exact) mass is 465 g/mol. The van der Waals surface area contributed by atoms with Gasteiger partial charge in [0.25, 0.3) is 0 Å². The Morgan fingerprint density at radius 3 is 2.06 bits per heavy atom. The van der Waals surface area contributed by atoms with Gasteiger partial charge in [0.1, 0.15) is 13.1 Å². The minimum Gasteiger partial charge on any atom is -0.332 e. The fourth-order valence-electron chi connectivity index (χ4n) is 5.52. The van der Waals surface area contributed by atoms with Crippen molar-refractivity contribution in [3.63, 3.8) is 0 Å². The van der Waals surface area contributed by atoms with Gasteiger partial charge in [-0.2, -0.15) is 0 Å². The van der Waals surface area contributed by atoms with Gasteiger partial charge in [-0.15, -0.1) is 0 Å². The molecule has 3 aromatic carbocycles. The Bertz CT molecular complexity index is 1270. The number of carbonyl (C=O) groups excluding carboxylic acids is 1. The maximum atomic E-state index is 13.2. The van der Waals surface area contributed by atoms with Crippen molar-refractivity contribution in [2.75, 3.05) is 6.54 Å². The molecule has 1 aliphatic rings. The predicted octanol–water partition coefficient (Wildman–Crippen LogP) is 5.74. The number of hydrogen-bond donors (Lipinski definition) is 1. The number of aromatic nitrogens is 1. The molecular formula is C32H37N2O+. The zero-order valence-electron chi connectivity index (χ0n) is 21.3. The lowest BCUT2D eigenvalue weighted by Crippen LogP contribution is -3.09. The first-order valence-electron chi connectivity index (χ1n) is 13.0. The highest BCUT2D eigenvalue weighted by Gasteiger charge is 2.27. The maximum Gasteiger partial charge on any atom is 0.179 e. The lowest BCUT2D eigenvalue weighted by Gasteiger charge is -2.22. The molecule has 0 unspecified atom stereocenters. The van der Waals surface area contributed by atoms with Gasteiger partial charge in [0.2, 0.25) is 0 Å². The van der Waals surface area contributed by atoms with Gasteiger partial charge in [-0.05, 0) is 41.5 Å². The molecule has 1 aromatic heterocycles. The van der Waals surface area contributed by atoms with Gasteiger partial charge in [-0.1, -0.05) is 87.5 Å². The van der Waals surface area contributed by atoms with Gasteiger partial charge in [-0.25, -0.2) is 0 Å². The summed E-state index contributed by atoms with van der Waals surface area (Å²) in [7, 11) is 0. The first kappa shape index (κ1) is 23.6. The molecule has 0 amide bonds. The number of quaternary nitrogens is 1. The van der Waals surface area contributed by atoms with E-state index in [4.69, 9.17) is 0 Å². The SMILES string of the molecule is CC(C)(C)c1ccc2c(c1)c1c(n2CC[NH+](Cc2ccccc2)Cc2ccccc2)C(=O)CCC1. The molecule has 0 aliphatic heterocycles. The van der Waals surface area contributed by atoms with Crippen LogP contribution in [0.4, 0.5) is 0 Å². The number of nitrogens with one attached hydrogen (secondary N) is 1. The Labute approximate surface area is 209 Å². The second-order valence-electron chi connectivity index (χ2n) is 11.1. The predicted molar refractivity (Wildman–Crippen MR) is 144 cm³/mol. The van der Waals surface area contributed by atoms with Crippen LogP contribution in [-0.4, -0.2) is 16.9 Å². The summed E-state index contributed by atoms with van der Waals surface area (Å²) in [5.41, 5.74) is 7.59. The summed E-state index contributed by atoms with van der Waals surface area (Å²) in [5.74, 6) is 0.312. The molecule has 0 spiro atoms. The number of aryl methyl sites for hydroxylation is 1. The number of rotatable bonds is 7. The molecule has 1 aliphatic carbocycles. The van der Waals surface area contributed by atoms with Gasteiger partial charge < -0.3 is 9.47 Å². The minimum absolute atomic E-state index is 0.0914. The fraction of sp³-hybridized carbons (Fsp3) is 0.344. The highest BCUT2D eigenvalue weighted by atomic mass is 16.1. The summed E-state index contributed by atoms with van der Waals surface area (Å²) in [5, 5.41) is 1.29. The van der Waals surface area contributed by atoms with Crippen molar-refractivity contribution < 1.29 is 9.69 Å². The van der Waals surface area contributed by atoms with Crippen LogP contribution in [0.2, 0.25) is 0 Å². The summed E-state index contributed by atoms with van der Waals surface area (Å²) >= 11 is 0. The number of benzene rings is 3. The molecule has 35 heavy (non-hydrogen) atoms. The smallest absolute Gasteiger partial charge is 0.179 e. The van der Waals surface area contributed by atoms with E-state index in [0.717, 1.165) is 44.7 Å². The first-order valence-corrected chi connectivity index (χ1v) is 13.0. The standard InChI is InChI=1S/C32H36N2O/c1-32(2,3)26-17-18-29-28(21-26)27-15-10-16-30(35)31(27)34(29)20-19-33(22-24-11-6-4-7-12-24)23-25-13-8-5-9-14-25/h4-9,11-14,17-18,21H,10,15-16,19-20,22-23H2,1-3H3/p+1. The molecule has 0 fully saturated rings. The molecule has 5 rings (SSSR count). The number of ketones is 1. The van der Waals surface area contributed by atoms with E-state index < -0.39 is 0 Å². The minimum atomic E-state index is 0.0914. The van der Waals surface area contributed by atoms with Crippen molar-refractivity contribution in [2.24, 2.45) is 0 Å². The summed E-state index contributed by atoms with van der Waals surface area (Å²) in [6.45, 7) is 10.5. The second kappa shape index (κ2) is 9.83.